The van der Waals surface area contributed by atoms with Gasteiger partial charge in [-0.15, -0.1) is 0 Å². The summed E-state index contributed by atoms with van der Waals surface area (Å²) < 4.78 is 5.28. The second-order valence-electron chi connectivity index (χ2n) is 7.42. The highest BCUT2D eigenvalue weighted by Gasteiger charge is 2.48. The first-order chi connectivity index (χ1) is 13.4. The first-order valence-electron chi connectivity index (χ1n) is 9.19. The van der Waals surface area contributed by atoms with Crippen molar-refractivity contribution in [3.05, 3.63) is 46.2 Å². The van der Waals surface area contributed by atoms with E-state index in [2.05, 4.69) is 0 Å². The lowest BCUT2D eigenvalue weighted by Gasteiger charge is -2.34. The number of allylic oxidation sites excluding steroid dienone is 4. The Bertz CT molecular complexity index is 974. The van der Waals surface area contributed by atoms with E-state index in [-0.39, 0.29) is 47.3 Å². The lowest BCUT2D eigenvalue weighted by molar-refractivity contribution is 0.0734. The predicted molar refractivity (Wildman–Crippen MR) is 100.0 cm³/mol. The number of phenolic OH excluding ortho intramolecular Hbond substituents is 2. The second-order valence-corrected chi connectivity index (χ2v) is 7.42. The van der Waals surface area contributed by atoms with Crippen molar-refractivity contribution >= 4 is 17.3 Å². The Morgan fingerprint density at radius 3 is 2.54 bits per heavy atom. The third-order valence-electron chi connectivity index (χ3n) is 6.07. The number of ether oxygens (including phenoxy) is 1. The van der Waals surface area contributed by atoms with Crippen molar-refractivity contribution in [2.45, 2.75) is 19.3 Å². The quantitative estimate of drug-likeness (QED) is 0.466. The molecule has 3 atom stereocenters. The van der Waals surface area contributed by atoms with Gasteiger partial charge in [0.2, 0.25) is 0 Å². The maximum atomic E-state index is 13.2. The summed E-state index contributed by atoms with van der Waals surface area (Å²) in [5, 5.41) is 38.9. The van der Waals surface area contributed by atoms with Crippen LogP contribution < -0.4 is 0 Å². The number of carbonyl (C=O) groups excluding carboxylic acids is 2. The smallest absolute Gasteiger partial charge is 0.179 e. The van der Waals surface area contributed by atoms with Crippen LogP contribution in [0.25, 0.3) is 0 Å². The monoisotopic (exact) mass is 383 g/mol. The molecule has 146 valence electrons. The van der Waals surface area contributed by atoms with Gasteiger partial charge in [-0.3, -0.25) is 9.59 Å². The van der Waals surface area contributed by atoms with Crippen LogP contribution in [0.2, 0.25) is 0 Å². The fourth-order valence-electron chi connectivity index (χ4n) is 4.60. The standard InChI is InChI=1S/C21H21NO6/c1-28-14-4-2-3-11-15(14)21(27)17-16(19(11)25)20(26)12-7-9(13(22)8-23)5-6-10(12)18(17)24/h2-4,9,11,15,22-24,26H,5-8H2,1H3. The molecule has 0 saturated carbocycles. The molecule has 0 heterocycles. The van der Waals surface area contributed by atoms with Crippen LogP contribution in [-0.2, 0) is 17.6 Å². The average molecular weight is 383 g/mol. The van der Waals surface area contributed by atoms with E-state index in [0.717, 1.165) is 0 Å². The van der Waals surface area contributed by atoms with Gasteiger partial charge in [0.15, 0.2) is 11.6 Å². The molecule has 0 saturated heterocycles. The van der Waals surface area contributed by atoms with Gasteiger partial charge in [0.1, 0.15) is 17.3 Å². The summed E-state index contributed by atoms with van der Waals surface area (Å²) in [5.74, 6) is -3.01. The van der Waals surface area contributed by atoms with Gasteiger partial charge < -0.3 is 25.5 Å². The first-order valence-corrected chi connectivity index (χ1v) is 9.19. The van der Waals surface area contributed by atoms with Gasteiger partial charge in [-0.25, -0.2) is 0 Å². The molecule has 1 aromatic rings. The van der Waals surface area contributed by atoms with Crippen molar-refractivity contribution in [2.24, 2.45) is 17.8 Å². The minimum absolute atomic E-state index is 0.142. The molecular weight excluding hydrogens is 362 g/mol. The molecule has 4 rings (SSSR count). The van der Waals surface area contributed by atoms with Crippen molar-refractivity contribution in [3.63, 3.8) is 0 Å². The topological polar surface area (TPSA) is 128 Å². The number of rotatable bonds is 3. The zero-order valence-corrected chi connectivity index (χ0v) is 15.4. The van der Waals surface area contributed by atoms with Gasteiger partial charge in [-0.1, -0.05) is 12.2 Å². The highest BCUT2D eigenvalue weighted by molar-refractivity contribution is 6.20. The molecule has 3 aliphatic rings. The summed E-state index contributed by atoms with van der Waals surface area (Å²) in [4.78, 5) is 26.3. The average Bonchev–Trinajstić information content (AvgIpc) is 2.72. The predicted octanol–water partition coefficient (Wildman–Crippen LogP) is 1.93. The van der Waals surface area contributed by atoms with Gasteiger partial charge in [-0.2, -0.15) is 0 Å². The Labute approximate surface area is 161 Å². The van der Waals surface area contributed by atoms with E-state index < -0.39 is 23.4 Å². The molecule has 7 nitrogen and oxygen atoms in total. The van der Waals surface area contributed by atoms with Crippen molar-refractivity contribution in [3.8, 4) is 11.5 Å². The van der Waals surface area contributed by atoms with E-state index in [4.69, 9.17) is 10.1 Å². The lowest BCUT2D eigenvalue weighted by Crippen LogP contribution is -2.39. The summed E-state index contributed by atoms with van der Waals surface area (Å²) in [5.41, 5.74) is 0.673. The molecule has 0 bridgehead atoms. The van der Waals surface area contributed by atoms with Crippen LogP contribution in [0, 0.1) is 23.2 Å². The Morgan fingerprint density at radius 2 is 1.86 bits per heavy atom. The Kier molecular flexibility index (Phi) is 4.34. The number of benzene rings is 1. The molecule has 0 spiro atoms. The lowest BCUT2D eigenvalue weighted by atomic mass is 9.68. The first kappa shape index (κ1) is 18.4. The van der Waals surface area contributed by atoms with Crippen LogP contribution >= 0.6 is 0 Å². The third-order valence-corrected chi connectivity index (χ3v) is 6.07. The Hall–Kier alpha value is -2.93. The largest absolute Gasteiger partial charge is 0.507 e. The van der Waals surface area contributed by atoms with Crippen LogP contribution in [0.3, 0.4) is 0 Å². The maximum Gasteiger partial charge on any atom is 0.179 e. The normalized spacial score (nSPS) is 25.5. The fraction of sp³-hybridized carbons (Fsp3) is 0.381. The van der Waals surface area contributed by atoms with E-state index in [1.807, 2.05) is 0 Å². The minimum Gasteiger partial charge on any atom is -0.507 e. The van der Waals surface area contributed by atoms with E-state index in [9.17, 15) is 24.9 Å². The number of hydrogen-bond acceptors (Lipinski definition) is 7. The van der Waals surface area contributed by atoms with E-state index in [1.54, 1.807) is 18.2 Å². The minimum atomic E-state index is -0.850. The van der Waals surface area contributed by atoms with Crippen molar-refractivity contribution < 1.29 is 29.6 Å². The summed E-state index contributed by atoms with van der Waals surface area (Å²) in [6.45, 7) is -0.379. The Balaban J connectivity index is 1.89. The molecule has 0 fully saturated rings. The molecule has 7 heteroatoms. The SMILES string of the molecule is COC1=CC=CC2C(=O)c3c(O)c4c(c(O)c3C(=O)C12)CCC(C(=N)CO)C4. The molecule has 1 aromatic carbocycles. The summed E-state index contributed by atoms with van der Waals surface area (Å²) >= 11 is 0. The van der Waals surface area contributed by atoms with Crippen LogP contribution in [0.1, 0.15) is 38.3 Å². The molecule has 0 aliphatic heterocycles. The molecule has 0 aromatic heterocycles. The molecule has 28 heavy (non-hydrogen) atoms. The number of ketones is 2. The fourth-order valence-corrected chi connectivity index (χ4v) is 4.60. The highest BCUT2D eigenvalue weighted by Crippen LogP contribution is 2.49. The molecule has 0 amide bonds. The maximum absolute atomic E-state index is 13.2. The number of phenols is 2. The zero-order chi connectivity index (χ0) is 20.2. The molecule has 0 radical (unpaired) electrons. The van der Waals surface area contributed by atoms with Gasteiger partial charge in [0, 0.05) is 22.8 Å². The number of Topliss-reactive ketones (excluding diaryl/α,β-unsaturated/α-hetero) is 2. The van der Waals surface area contributed by atoms with Crippen LogP contribution in [0.15, 0.2) is 24.0 Å². The van der Waals surface area contributed by atoms with E-state index in [1.165, 1.54) is 7.11 Å². The van der Waals surface area contributed by atoms with Crippen LogP contribution in [0.5, 0.6) is 11.5 Å². The summed E-state index contributed by atoms with van der Waals surface area (Å²) in [6.07, 6.45) is 5.96. The molecule has 4 N–H and O–H groups in total. The third kappa shape index (κ3) is 2.43. The number of nitrogens with one attached hydrogen (secondary N) is 1. The number of aliphatic hydroxyl groups is 1. The van der Waals surface area contributed by atoms with Crippen molar-refractivity contribution in [1.82, 2.24) is 0 Å². The van der Waals surface area contributed by atoms with Gasteiger partial charge >= 0.3 is 0 Å². The Morgan fingerprint density at radius 1 is 1.18 bits per heavy atom. The number of aromatic hydroxyl groups is 2. The van der Waals surface area contributed by atoms with Gasteiger partial charge in [-0.05, 0) is 25.3 Å². The zero-order valence-electron chi connectivity index (χ0n) is 15.4. The number of aliphatic hydroxyl groups excluding tert-OH is 1. The van der Waals surface area contributed by atoms with Crippen molar-refractivity contribution in [2.75, 3.05) is 13.7 Å². The summed E-state index contributed by atoms with van der Waals surface area (Å²) in [7, 11) is 1.43. The van der Waals surface area contributed by atoms with Crippen molar-refractivity contribution in [1.29, 1.82) is 5.41 Å². The number of fused-ring (bicyclic) bond motifs is 3. The summed E-state index contributed by atoms with van der Waals surface area (Å²) in [6, 6.07) is 0. The van der Waals surface area contributed by atoms with Crippen LogP contribution in [0.4, 0.5) is 0 Å². The van der Waals surface area contributed by atoms with Gasteiger partial charge in [0.05, 0.1) is 36.7 Å². The highest BCUT2D eigenvalue weighted by atomic mass is 16.5. The number of hydrogen-bond donors (Lipinski definition) is 4. The molecule has 3 unspecified atom stereocenters. The number of carbonyl (C=O) groups is 2. The van der Waals surface area contributed by atoms with E-state index in [0.29, 0.717) is 29.7 Å². The van der Waals surface area contributed by atoms with Crippen LogP contribution in [-0.4, -0.2) is 46.3 Å². The molecular formula is C21H21NO6. The van der Waals surface area contributed by atoms with E-state index >= 15 is 0 Å². The number of methoxy groups -OCH3 is 1. The second kappa shape index (κ2) is 6.60. The molecule has 3 aliphatic carbocycles. The van der Waals surface area contributed by atoms with Gasteiger partial charge in [0.25, 0.3) is 0 Å².